The van der Waals surface area contributed by atoms with Crippen LogP contribution < -0.4 is 4.74 Å². The zero-order valence-corrected chi connectivity index (χ0v) is 16.6. The van der Waals surface area contributed by atoms with Gasteiger partial charge in [0.25, 0.3) is 5.91 Å². The van der Waals surface area contributed by atoms with Gasteiger partial charge in [-0.3, -0.25) is 9.59 Å². The standard InChI is InChI=1S/C23H25FN2O3/c1-29-19-11-5-10-18(20(19)24)21(27)26-15-7-13-23(26)12-6-14-25(22(23)28)16-17-8-3-2-4-9-17/h2-5,8-11H,6-7,12-16H2,1H3. The van der Waals surface area contributed by atoms with E-state index in [0.717, 1.165) is 18.4 Å². The highest BCUT2D eigenvalue weighted by molar-refractivity contribution is 6.00. The second kappa shape index (κ2) is 7.85. The van der Waals surface area contributed by atoms with Crippen molar-refractivity contribution in [1.29, 1.82) is 0 Å². The lowest BCUT2D eigenvalue weighted by Gasteiger charge is -2.44. The van der Waals surface area contributed by atoms with Gasteiger partial charge in [0.05, 0.1) is 12.7 Å². The minimum absolute atomic E-state index is 0.0262. The summed E-state index contributed by atoms with van der Waals surface area (Å²) in [6, 6.07) is 14.4. The van der Waals surface area contributed by atoms with Gasteiger partial charge in [0.15, 0.2) is 11.6 Å². The third-order valence-corrected chi connectivity index (χ3v) is 6.07. The van der Waals surface area contributed by atoms with Gasteiger partial charge in [0, 0.05) is 19.6 Å². The van der Waals surface area contributed by atoms with E-state index >= 15 is 0 Å². The molecule has 2 aliphatic heterocycles. The zero-order chi connectivity index (χ0) is 20.4. The van der Waals surface area contributed by atoms with Crippen LogP contribution in [0.2, 0.25) is 0 Å². The van der Waals surface area contributed by atoms with E-state index in [-0.39, 0.29) is 17.2 Å². The largest absolute Gasteiger partial charge is 0.494 e. The van der Waals surface area contributed by atoms with Crippen molar-refractivity contribution in [3.8, 4) is 5.75 Å². The number of halogens is 1. The van der Waals surface area contributed by atoms with E-state index in [1.807, 2.05) is 35.2 Å². The van der Waals surface area contributed by atoms with Crippen molar-refractivity contribution in [3.05, 3.63) is 65.5 Å². The van der Waals surface area contributed by atoms with Crippen LogP contribution in [0.25, 0.3) is 0 Å². The molecule has 1 spiro atoms. The number of methoxy groups -OCH3 is 1. The molecule has 0 radical (unpaired) electrons. The average molecular weight is 396 g/mol. The van der Waals surface area contributed by atoms with Crippen molar-refractivity contribution >= 4 is 11.8 Å². The van der Waals surface area contributed by atoms with Gasteiger partial charge in [-0.05, 0) is 43.4 Å². The smallest absolute Gasteiger partial charge is 0.257 e. The zero-order valence-electron chi connectivity index (χ0n) is 16.6. The summed E-state index contributed by atoms with van der Waals surface area (Å²) >= 11 is 0. The lowest BCUT2D eigenvalue weighted by molar-refractivity contribution is -0.146. The molecule has 0 bridgehead atoms. The molecule has 1 atom stereocenters. The molecule has 1 unspecified atom stereocenters. The fourth-order valence-corrected chi connectivity index (χ4v) is 4.66. The number of carbonyl (C=O) groups is 2. The van der Waals surface area contributed by atoms with Gasteiger partial charge in [0.2, 0.25) is 5.91 Å². The minimum atomic E-state index is -0.875. The number of benzene rings is 2. The first-order chi connectivity index (χ1) is 14.1. The maximum atomic E-state index is 14.7. The quantitative estimate of drug-likeness (QED) is 0.793. The highest BCUT2D eigenvalue weighted by Crippen LogP contribution is 2.40. The number of likely N-dealkylation sites (tertiary alicyclic amines) is 2. The van der Waals surface area contributed by atoms with Crippen LogP contribution in [-0.2, 0) is 11.3 Å². The summed E-state index contributed by atoms with van der Waals surface area (Å²) in [4.78, 5) is 30.2. The Labute approximate surface area is 170 Å². The Bertz CT molecular complexity index is 918. The summed E-state index contributed by atoms with van der Waals surface area (Å²) in [5, 5.41) is 0. The Morgan fingerprint density at radius 2 is 1.79 bits per heavy atom. The number of piperidine rings is 1. The first-order valence-electron chi connectivity index (χ1n) is 10.0. The Kier molecular flexibility index (Phi) is 5.26. The summed E-state index contributed by atoms with van der Waals surface area (Å²) in [6.45, 7) is 1.66. The van der Waals surface area contributed by atoms with Gasteiger partial charge in [0.1, 0.15) is 5.54 Å². The number of carbonyl (C=O) groups excluding carboxylic acids is 2. The number of hydrogen-bond donors (Lipinski definition) is 0. The fourth-order valence-electron chi connectivity index (χ4n) is 4.66. The summed E-state index contributed by atoms with van der Waals surface area (Å²) in [5.74, 6) is -1.10. The average Bonchev–Trinajstić information content (AvgIpc) is 3.16. The summed E-state index contributed by atoms with van der Waals surface area (Å²) < 4.78 is 19.7. The normalized spacial score (nSPS) is 21.7. The molecular weight excluding hydrogens is 371 g/mol. The maximum absolute atomic E-state index is 14.7. The molecule has 2 saturated heterocycles. The molecule has 2 heterocycles. The monoisotopic (exact) mass is 396 g/mol. The van der Waals surface area contributed by atoms with Crippen LogP contribution in [0, 0.1) is 5.82 Å². The van der Waals surface area contributed by atoms with E-state index in [1.165, 1.54) is 19.2 Å². The SMILES string of the molecule is COc1cccc(C(=O)N2CCCC23CCCN(Cc2ccccc2)C3=O)c1F. The number of hydrogen-bond acceptors (Lipinski definition) is 3. The Hall–Kier alpha value is -2.89. The van der Waals surface area contributed by atoms with Gasteiger partial charge < -0.3 is 14.5 Å². The molecule has 2 amide bonds. The van der Waals surface area contributed by atoms with E-state index in [0.29, 0.717) is 32.5 Å². The molecule has 0 aromatic heterocycles. The summed E-state index contributed by atoms with van der Waals surface area (Å²) in [6.07, 6.45) is 2.80. The first kappa shape index (κ1) is 19.4. The lowest BCUT2D eigenvalue weighted by atomic mass is 9.84. The van der Waals surface area contributed by atoms with Crippen molar-refractivity contribution in [1.82, 2.24) is 9.80 Å². The topological polar surface area (TPSA) is 49.9 Å². The molecule has 6 heteroatoms. The van der Waals surface area contributed by atoms with Crippen LogP contribution in [0.4, 0.5) is 4.39 Å². The van der Waals surface area contributed by atoms with Gasteiger partial charge in [-0.2, -0.15) is 0 Å². The van der Waals surface area contributed by atoms with E-state index < -0.39 is 17.3 Å². The Morgan fingerprint density at radius 3 is 2.52 bits per heavy atom. The van der Waals surface area contributed by atoms with Crippen LogP contribution in [0.15, 0.2) is 48.5 Å². The van der Waals surface area contributed by atoms with Crippen molar-refractivity contribution < 1.29 is 18.7 Å². The van der Waals surface area contributed by atoms with Crippen LogP contribution in [-0.4, -0.2) is 47.4 Å². The van der Waals surface area contributed by atoms with Crippen molar-refractivity contribution in [2.24, 2.45) is 0 Å². The van der Waals surface area contributed by atoms with E-state index in [1.54, 1.807) is 11.0 Å². The molecule has 0 aliphatic carbocycles. The molecular formula is C23H25FN2O3. The molecule has 29 heavy (non-hydrogen) atoms. The molecule has 0 saturated carbocycles. The third kappa shape index (κ3) is 3.37. The van der Waals surface area contributed by atoms with E-state index in [4.69, 9.17) is 4.74 Å². The molecule has 0 N–H and O–H groups in total. The van der Waals surface area contributed by atoms with Crippen molar-refractivity contribution in [2.45, 2.75) is 37.8 Å². The van der Waals surface area contributed by atoms with Crippen LogP contribution in [0.1, 0.15) is 41.6 Å². The molecule has 4 rings (SSSR count). The van der Waals surface area contributed by atoms with Gasteiger partial charge in [-0.1, -0.05) is 36.4 Å². The van der Waals surface area contributed by atoms with Crippen LogP contribution in [0.5, 0.6) is 5.75 Å². The maximum Gasteiger partial charge on any atom is 0.257 e. The number of nitrogens with zero attached hydrogens (tertiary/aromatic N) is 2. The van der Waals surface area contributed by atoms with Gasteiger partial charge in [-0.25, -0.2) is 4.39 Å². The van der Waals surface area contributed by atoms with E-state index in [9.17, 15) is 14.0 Å². The van der Waals surface area contributed by atoms with E-state index in [2.05, 4.69) is 0 Å². The van der Waals surface area contributed by atoms with Crippen molar-refractivity contribution in [2.75, 3.05) is 20.2 Å². The predicted molar refractivity (Wildman–Crippen MR) is 107 cm³/mol. The fraction of sp³-hybridized carbons (Fsp3) is 0.391. The first-order valence-corrected chi connectivity index (χ1v) is 10.0. The third-order valence-electron chi connectivity index (χ3n) is 6.07. The number of amides is 2. The predicted octanol–water partition coefficient (Wildman–Crippen LogP) is 3.63. The summed E-state index contributed by atoms with van der Waals surface area (Å²) in [7, 11) is 1.37. The second-order valence-electron chi connectivity index (χ2n) is 7.73. The number of ether oxygens (including phenoxy) is 1. The molecule has 5 nitrogen and oxygen atoms in total. The highest BCUT2D eigenvalue weighted by Gasteiger charge is 2.53. The van der Waals surface area contributed by atoms with Crippen molar-refractivity contribution in [3.63, 3.8) is 0 Å². The Balaban J connectivity index is 1.62. The Morgan fingerprint density at radius 1 is 1.07 bits per heavy atom. The molecule has 2 aromatic rings. The molecule has 2 aliphatic rings. The second-order valence-corrected chi connectivity index (χ2v) is 7.73. The van der Waals surface area contributed by atoms with Gasteiger partial charge >= 0.3 is 0 Å². The minimum Gasteiger partial charge on any atom is -0.494 e. The molecule has 2 fully saturated rings. The summed E-state index contributed by atoms with van der Waals surface area (Å²) in [5.41, 5.74) is 0.144. The van der Waals surface area contributed by atoms with Gasteiger partial charge in [-0.15, -0.1) is 0 Å². The van der Waals surface area contributed by atoms with Crippen LogP contribution in [0.3, 0.4) is 0 Å². The van der Waals surface area contributed by atoms with Crippen LogP contribution >= 0.6 is 0 Å². The number of rotatable bonds is 4. The highest BCUT2D eigenvalue weighted by atomic mass is 19.1. The molecule has 2 aromatic carbocycles. The molecule has 152 valence electrons. The lowest BCUT2D eigenvalue weighted by Crippen LogP contribution is -2.61.